The normalized spacial score (nSPS) is 18.9. The van der Waals surface area contributed by atoms with Crippen LogP contribution in [0.5, 0.6) is 0 Å². The Morgan fingerprint density at radius 3 is 3.14 bits per heavy atom. The van der Waals surface area contributed by atoms with E-state index in [4.69, 9.17) is 10.5 Å². The molecule has 0 radical (unpaired) electrons. The van der Waals surface area contributed by atoms with Crippen molar-refractivity contribution in [3.05, 3.63) is 23.9 Å². The fraction of sp³-hybridized carbons (Fsp3) is 0.600. The quantitative estimate of drug-likeness (QED) is 0.796. The molecule has 2 rings (SSSR count). The van der Waals surface area contributed by atoms with E-state index in [-0.39, 0.29) is 0 Å². The topological polar surface area (TPSA) is 71.7 Å². The molecule has 116 valence electrons. The maximum absolute atomic E-state index is 11.5. The number of rotatable bonds is 7. The Morgan fingerprint density at radius 1 is 1.62 bits per heavy atom. The molecule has 1 aliphatic rings. The molecule has 1 aliphatic heterocycles. The van der Waals surface area contributed by atoms with Crippen molar-refractivity contribution < 1.29 is 9.53 Å². The molecule has 21 heavy (non-hydrogen) atoms. The lowest BCUT2D eigenvalue weighted by molar-refractivity contribution is 0.100. The van der Waals surface area contributed by atoms with Crippen LogP contribution in [-0.4, -0.2) is 62.7 Å². The van der Waals surface area contributed by atoms with Crippen molar-refractivity contribution in [3.63, 3.8) is 0 Å². The summed E-state index contributed by atoms with van der Waals surface area (Å²) in [5, 5.41) is 0. The van der Waals surface area contributed by atoms with Crippen molar-refractivity contribution in [2.24, 2.45) is 11.7 Å². The predicted molar refractivity (Wildman–Crippen MR) is 82.4 cm³/mol. The number of aromatic nitrogens is 1. The van der Waals surface area contributed by atoms with Crippen LogP contribution in [-0.2, 0) is 4.74 Å². The molecule has 1 fully saturated rings. The fourth-order valence-corrected chi connectivity index (χ4v) is 2.85. The second-order valence-electron chi connectivity index (χ2n) is 5.57. The Hall–Kier alpha value is -1.66. The lowest BCUT2D eigenvalue weighted by Crippen LogP contribution is -2.31. The number of carbonyl (C=O) groups is 1. The van der Waals surface area contributed by atoms with Crippen molar-refractivity contribution in [1.29, 1.82) is 0 Å². The predicted octanol–water partition coefficient (Wildman–Crippen LogP) is 0.585. The van der Waals surface area contributed by atoms with Gasteiger partial charge in [0.1, 0.15) is 5.82 Å². The Labute approximate surface area is 125 Å². The van der Waals surface area contributed by atoms with Gasteiger partial charge in [0, 0.05) is 40.0 Å². The van der Waals surface area contributed by atoms with E-state index in [0.717, 1.165) is 39.2 Å². The van der Waals surface area contributed by atoms with Crippen LogP contribution in [0.25, 0.3) is 0 Å². The first kappa shape index (κ1) is 15.7. The first-order chi connectivity index (χ1) is 10.1. The second-order valence-corrected chi connectivity index (χ2v) is 5.57. The Balaban J connectivity index is 1.93. The van der Waals surface area contributed by atoms with Crippen molar-refractivity contribution in [1.82, 2.24) is 9.88 Å². The highest BCUT2D eigenvalue weighted by Crippen LogP contribution is 2.21. The molecule has 1 unspecified atom stereocenters. The smallest absolute Gasteiger partial charge is 0.252 e. The first-order valence-electron chi connectivity index (χ1n) is 7.29. The summed E-state index contributed by atoms with van der Waals surface area (Å²) in [7, 11) is 3.69. The zero-order valence-corrected chi connectivity index (χ0v) is 12.8. The molecule has 2 N–H and O–H groups in total. The summed E-state index contributed by atoms with van der Waals surface area (Å²) in [5.74, 6) is 0.813. The number of nitrogens with zero attached hydrogens (tertiary/aromatic N) is 3. The van der Waals surface area contributed by atoms with E-state index >= 15 is 0 Å². The van der Waals surface area contributed by atoms with Gasteiger partial charge >= 0.3 is 0 Å². The number of hydrogen-bond donors (Lipinski definition) is 1. The third-order valence-electron chi connectivity index (χ3n) is 3.93. The molecule has 6 heteroatoms. The van der Waals surface area contributed by atoms with Crippen LogP contribution in [0.2, 0.25) is 0 Å². The van der Waals surface area contributed by atoms with Gasteiger partial charge in [0.2, 0.25) is 0 Å². The van der Waals surface area contributed by atoms with Gasteiger partial charge in [-0.05, 0) is 31.0 Å². The van der Waals surface area contributed by atoms with Gasteiger partial charge in [-0.1, -0.05) is 0 Å². The molecule has 0 saturated carbocycles. The van der Waals surface area contributed by atoms with Gasteiger partial charge in [-0.15, -0.1) is 0 Å². The van der Waals surface area contributed by atoms with Gasteiger partial charge in [0.05, 0.1) is 12.2 Å². The second kappa shape index (κ2) is 7.38. The van der Waals surface area contributed by atoms with Crippen LogP contribution in [0.1, 0.15) is 16.8 Å². The van der Waals surface area contributed by atoms with Crippen LogP contribution in [0.4, 0.5) is 5.82 Å². The zero-order chi connectivity index (χ0) is 15.2. The molecule has 6 nitrogen and oxygen atoms in total. The number of likely N-dealkylation sites (tertiary alicyclic amines) is 1. The van der Waals surface area contributed by atoms with E-state index < -0.39 is 5.91 Å². The Kier molecular flexibility index (Phi) is 5.52. The van der Waals surface area contributed by atoms with Gasteiger partial charge in [0.15, 0.2) is 0 Å². The molecule has 1 aromatic rings. The number of pyridine rings is 1. The molecule has 0 bridgehead atoms. The molecule has 0 spiro atoms. The van der Waals surface area contributed by atoms with E-state index in [1.54, 1.807) is 25.4 Å². The Morgan fingerprint density at radius 2 is 2.43 bits per heavy atom. The van der Waals surface area contributed by atoms with Gasteiger partial charge in [0.25, 0.3) is 5.91 Å². The summed E-state index contributed by atoms with van der Waals surface area (Å²) < 4.78 is 5.12. The molecule has 1 amide bonds. The number of ether oxygens (including phenoxy) is 1. The van der Waals surface area contributed by atoms with Crippen LogP contribution >= 0.6 is 0 Å². The highest BCUT2D eigenvalue weighted by Gasteiger charge is 2.24. The fourth-order valence-electron chi connectivity index (χ4n) is 2.85. The first-order valence-corrected chi connectivity index (χ1v) is 7.29. The monoisotopic (exact) mass is 292 g/mol. The summed E-state index contributed by atoms with van der Waals surface area (Å²) in [6.07, 6.45) is 2.85. The van der Waals surface area contributed by atoms with E-state index in [1.807, 2.05) is 11.9 Å². The molecular weight excluding hydrogens is 268 g/mol. The molecule has 1 aromatic heterocycles. The minimum absolute atomic E-state index is 0.432. The average Bonchev–Trinajstić information content (AvgIpc) is 2.92. The maximum Gasteiger partial charge on any atom is 0.252 e. The SMILES string of the molecule is COCCN1CCC(CN(C)c2ncccc2C(N)=O)C1. The number of nitrogens with two attached hydrogens (primary N) is 1. The number of methoxy groups -OCH3 is 1. The molecule has 0 aromatic carbocycles. The van der Waals surface area contributed by atoms with Crippen molar-refractivity contribution in [3.8, 4) is 0 Å². The van der Waals surface area contributed by atoms with Crippen LogP contribution in [0.15, 0.2) is 18.3 Å². The van der Waals surface area contributed by atoms with E-state index in [9.17, 15) is 4.79 Å². The summed E-state index contributed by atoms with van der Waals surface area (Å²) in [6, 6.07) is 3.46. The van der Waals surface area contributed by atoms with E-state index in [0.29, 0.717) is 17.3 Å². The summed E-state index contributed by atoms with van der Waals surface area (Å²) >= 11 is 0. The van der Waals surface area contributed by atoms with Gasteiger partial charge in [-0.3, -0.25) is 4.79 Å². The molecular formula is C15H24N4O2. The molecule has 0 aliphatic carbocycles. The number of carbonyl (C=O) groups excluding carboxylic acids is 1. The number of anilines is 1. The lowest BCUT2D eigenvalue weighted by Gasteiger charge is -2.24. The third kappa shape index (κ3) is 4.15. The molecule has 1 saturated heterocycles. The van der Waals surface area contributed by atoms with Crippen LogP contribution in [0.3, 0.4) is 0 Å². The van der Waals surface area contributed by atoms with E-state index in [2.05, 4.69) is 9.88 Å². The molecule has 1 atom stereocenters. The minimum atomic E-state index is -0.432. The lowest BCUT2D eigenvalue weighted by atomic mass is 10.1. The average molecular weight is 292 g/mol. The van der Waals surface area contributed by atoms with Gasteiger partial charge in [-0.2, -0.15) is 0 Å². The number of amides is 1. The molecule has 2 heterocycles. The Bertz CT molecular complexity index is 480. The van der Waals surface area contributed by atoms with Crippen LogP contribution in [0, 0.1) is 5.92 Å². The van der Waals surface area contributed by atoms with Gasteiger partial charge in [-0.25, -0.2) is 4.98 Å². The van der Waals surface area contributed by atoms with Gasteiger partial charge < -0.3 is 20.3 Å². The van der Waals surface area contributed by atoms with Crippen molar-refractivity contribution in [2.75, 3.05) is 51.8 Å². The largest absolute Gasteiger partial charge is 0.383 e. The zero-order valence-electron chi connectivity index (χ0n) is 12.8. The van der Waals surface area contributed by atoms with E-state index in [1.165, 1.54) is 0 Å². The highest BCUT2D eigenvalue weighted by atomic mass is 16.5. The number of hydrogen-bond acceptors (Lipinski definition) is 5. The van der Waals surface area contributed by atoms with Crippen LogP contribution < -0.4 is 10.6 Å². The van der Waals surface area contributed by atoms with Crippen molar-refractivity contribution >= 4 is 11.7 Å². The standard InChI is InChI=1S/C15H24N4O2/c1-18(15-13(14(16)20)4-3-6-17-15)10-12-5-7-19(11-12)8-9-21-2/h3-4,6,12H,5,7-11H2,1-2H3,(H2,16,20). The minimum Gasteiger partial charge on any atom is -0.383 e. The highest BCUT2D eigenvalue weighted by molar-refractivity contribution is 5.97. The third-order valence-corrected chi connectivity index (χ3v) is 3.93. The summed E-state index contributed by atoms with van der Waals surface area (Å²) in [4.78, 5) is 20.2. The number of primary amides is 1. The summed E-state index contributed by atoms with van der Waals surface area (Å²) in [6.45, 7) is 4.79. The maximum atomic E-state index is 11.5. The van der Waals surface area contributed by atoms with Crippen molar-refractivity contribution in [2.45, 2.75) is 6.42 Å². The summed E-state index contributed by atoms with van der Waals surface area (Å²) in [5.41, 5.74) is 5.89.